The Morgan fingerprint density at radius 2 is 1.70 bits per heavy atom. The van der Waals surface area contributed by atoms with Gasteiger partial charge in [-0.2, -0.15) is 17.5 Å². The van der Waals surface area contributed by atoms with E-state index in [9.17, 15) is 26.7 Å². The molecule has 0 saturated carbocycles. The molecule has 40 heavy (non-hydrogen) atoms. The van der Waals surface area contributed by atoms with Crippen molar-refractivity contribution in [3.8, 4) is 11.1 Å². The fourth-order valence-electron chi connectivity index (χ4n) is 5.47. The third-order valence-corrected chi connectivity index (χ3v) is 9.80. The summed E-state index contributed by atoms with van der Waals surface area (Å²) >= 11 is 0. The van der Waals surface area contributed by atoms with E-state index in [1.807, 2.05) is 12.1 Å². The van der Waals surface area contributed by atoms with E-state index < -0.39 is 33.9 Å². The second kappa shape index (κ2) is 9.98. The lowest BCUT2D eigenvalue weighted by atomic mass is 9.74. The summed E-state index contributed by atoms with van der Waals surface area (Å²) in [5.74, 6) is 1.11. The van der Waals surface area contributed by atoms with Crippen molar-refractivity contribution < 1.29 is 26.7 Å². The van der Waals surface area contributed by atoms with Gasteiger partial charge in [-0.05, 0) is 48.4 Å². The molecule has 0 unspecified atom stereocenters. The minimum absolute atomic E-state index is 0.115. The number of hydrogen-bond acceptors (Lipinski definition) is 8. The summed E-state index contributed by atoms with van der Waals surface area (Å²) in [6.07, 6.45) is -2.79. The van der Waals surface area contributed by atoms with Gasteiger partial charge in [0.1, 0.15) is 11.6 Å². The van der Waals surface area contributed by atoms with Gasteiger partial charge in [-0.25, -0.2) is 18.4 Å². The van der Waals surface area contributed by atoms with Crippen molar-refractivity contribution in [2.45, 2.75) is 29.6 Å². The van der Waals surface area contributed by atoms with E-state index >= 15 is 0 Å². The molecule has 5 heterocycles. The van der Waals surface area contributed by atoms with E-state index in [1.165, 1.54) is 10.4 Å². The molecule has 3 saturated heterocycles. The van der Waals surface area contributed by atoms with Crippen molar-refractivity contribution in [2.24, 2.45) is 5.41 Å². The normalized spacial score (nSPS) is 22.9. The fourth-order valence-corrected chi connectivity index (χ4v) is 6.94. The Kier molecular flexibility index (Phi) is 6.72. The van der Waals surface area contributed by atoms with Crippen molar-refractivity contribution in [1.29, 1.82) is 0 Å². The maximum atomic E-state index is 13.3. The summed E-state index contributed by atoms with van der Waals surface area (Å²) in [6.45, 7) is 4.12. The SMILES string of the molecule is O=S(=O)(c1ccc(-c2ccc(N3CC4(CNC4)C3)nc2)cc1)N1CC[C@@H](Nc2ccc(C(F)(F)F)cn2)[C@@H](O)C1. The number of nitrogens with one attached hydrogen (secondary N) is 2. The van der Waals surface area contributed by atoms with Crippen LogP contribution in [-0.4, -0.2) is 79.2 Å². The molecule has 1 spiro atoms. The van der Waals surface area contributed by atoms with E-state index in [1.54, 1.807) is 30.5 Å². The van der Waals surface area contributed by atoms with Crippen LogP contribution in [0.25, 0.3) is 11.1 Å². The maximum Gasteiger partial charge on any atom is 0.417 e. The average molecular weight is 575 g/mol. The van der Waals surface area contributed by atoms with Crippen LogP contribution in [0.2, 0.25) is 0 Å². The Balaban J connectivity index is 1.06. The molecular weight excluding hydrogens is 545 g/mol. The van der Waals surface area contributed by atoms with Gasteiger partial charge in [0, 0.05) is 62.6 Å². The standard InChI is InChI=1S/C27H29F3N6O3S/c28-27(29,30)20-4-7-24(32-12-20)34-22-9-10-36(13-23(22)37)40(38,39)21-5-1-18(2-6-21)19-3-8-25(33-11-19)35-16-26(17-35)14-31-15-26/h1-8,11-12,22-23,31,37H,9-10,13-17H2,(H,32,34)/t22-,23+/m1/s1. The zero-order valence-corrected chi connectivity index (χ0v) is 22.3. The van der Waals surface area contributed by atoms with Crippen molar-refractivity contribution >= 4 is 21.7 Å². The van der Waals surface area contributed by atoms with Gasteiger partial charge in [0.2, 0.25) is 10.0 Å². The molecule has 0 bridgehead atoms. The highest BCUT2D eigenvalue weighted by Gasteiger charge is 2.47. The summed E-state index contributed by atoms with van der Waals surface area (Å²) in [5, 5.41) is 16.9. The van der Waals surface area contributed by atoms with Gasteiger partial charge in [0.25, 0.3) is 0 Å². The number of benzene rings is 1. The second-order valence-corrected chi connectivity index (χ2v) is 12.7. The fraction of sp³-hybridized carbons (Fsp3) is 0.407. The van der Waals surface area contributed by atoms with Crippen LogP contribution >= 0.6 is 0 Å². The monoisotopic (exact) mass is 574 g/mol. The van der Waals surface area contributed by atoms with Crippen molar-refractivity contribution in [3.05, 3.63) is 66.5 Å². The summed E-state index contributed by atoms with van der Waals surface area (Å²) in [5.41, 5.74) is 1.26. The summed E-state index contributed by atoms with van der Waals surface area (Å²) in [7, 11) is -3.86. The van der Waals surface area contributed by atoms with Crippen molar-refractivity contribution in [1.82, 2.24) is 19.6 Å². The molecule has 6 rings (SSSR count). The number of halogens is 3. The molecule has 0 aliphatic carbocycles. The maximum absolute atomic E-state index is 13.3. The lowest BCUT2D eigenvalue weighted by molar-refractivity contribution is -0.137. The highest BCUT2D eigenvalue weighted by Crippen LogP contribution is 2.37. The molecule has 13 heteroatoms. The minimum Gasteiger partial charge on any atom is -0.390 e. The molecule has 3 N–H and O–H groups in total. The molecule has 0 amide bonds. The first-order valence-corrected chi connectivity index (χ1v) is 14.5. The predicted octanol–water partition coefficient (Wildman–Crippen LogP) is 2.81. The van der Waals surface area contributed by atoms with Crippen LogP contribution in [0.5, 0.6) is 0 Å². The Hall–Kier alpha value is -3.26. The number of aromatic nitrogens is 2. The number of sulfonamides is 1. The lowest BCUT2D eigenvalue weighted by Gasteiger charge is -2.56. The number of hydrogen-bond donors (Lipinski definition) is 3. The number of nitrogens with zero attached hydrogens (tertiary/aromatic N) is 4. The molecule has 0 radical (unpaired) electrons. The Morgan fingerprint density at radius 3 is 2.25 bits per heavy atom. The molecular formula is C27H29F3N6O3S. The van der Waals surface area contributed by atoms with Crippen LogP contribution in [0.15, 0.2) is 65.8 Å². The Labute approximate surface area is 230 Å². The predicted molar refractivity (Wildman–Crippen MR) is 143 cm³/mol. The number of pyridine rings is 2. The Bertz CT molecular complexity index is 1460. The Morgan fingerprint density at radius 1 is 0.975 bits per heavy atom. The van der Waals surface area contributed by atoms with Gasteiger partial charge >= 0.3 is 6.18 Å². The first-order chi connectivity index (χ1) is 19.0. The van der Waals surface area contributed by atoms with Gasteiger partial charge in [0.15, 0.2) is 0 Å². The molecule has 3 fully saturated rings. The zero-order chi connectivity index (χ0) is 28.1. The van der Waals surface area contributed by atoms with Crippen molar-refractivity contribution in [2.75, 3.05) is 49.5 Å². The molecule has 3 aromatic rings. The van der Waals surface area contributed by atoms with Gasteiger partial charge in [-0.3, -0.25) is 0 Å². The summed E-state index contributed by atoms with van der Waals surface area (Å²) in [4.78, 5) is 10.7. The number of β-amino-alcohol motifs (C(OH)–C–C–N with tert-alkyl or cyclic N) is 1. The number of anilines is 2. The number of aliphatic hydroxyl groups excluding tert-OH is 1. The molecule has 9 nitrogen and oxygen atoms in total. The molecule has 2 aromatic heterocycles. The highest BCUT2D eigenvalue weighted by molar-refractivity contribution is 7.89. The smallest absolute Gasteiger partial charge is 0.390 e. The van der Waals surface area contributed by atoms with Crippen LogP contribution in [0, 0.1) is 5.41 Å². The lowest BCUT2D eigenvalue weighted by Crippen LogP contribution is -2.71. The van der Waals surface area contributed by atoms with Crippen LogP contribution < -0.4 is 15.5 Å². The van der Waals surface area contributed by atoms with Crippen LogP contribution in [-0.2, 0) is 16.2 Å². The summed E-state index contributed by atoms with van der Waals surface area (Å²) in [6, 6.07) is 12.1. The van der Waals surface area contributed by atoms with Crippen LogP contribution in [0.4, 0.5) is 24.8 Å². The first-order valence-electron chi connectivity index (χ1n) is 13.0. The van der Waals surface area contributed by atoms with E-state index in [0.29, 0.717) is 5.41 Å². The molecule has 1 aromatic carbocycles. The zero-order valence-electron chi connectivity index (χ0n) is 21.5. The number of alkyl halides is 3. The van der Waals surface area contributed by atoms with Crippen LogP contribution in [0.1, 0.15) is 12.0 Å². The van der Waals surface area contributed by atoms with E-state index in [0.717, 1.165) is 55.4 Å². The second-order valence-electron chi connectivity index (χ2n) is 10.8. The third kappa shape index (κ3) is 5.14. The summed E-state index contributed by atoms with van der Waals surface area (Å²) < 4.78 is 66.1. The molecule has 212 valence electrons. The number of aliphatic hydroxyl groups is 1. The molecule has 3 aliphatic rings. The van der Waals surface area contributed by atoms with Gasteiger partial charge in [0.05, 0.1) is 22.6 Å². The van der Waals surface area contributed by atoms with E-state index in [2.05, 4.69) is 25.5 Å². The third-order valence-electron chi connectivity index (χ3n) is 7.92. The van der Waals surface area contributed by atoms with Gasteiger partial charge in [-0.1, -0.05) is 12.1 Å². The quantitative estimate of drug-likeness (QED) is 0.413. The van der Waals surface area contributed by atoms with Crippen LogP contribution in [0.3, 0.4) is 0 Å². The van der Waals surface area contributed by atoms with Gasteiger partial charge < -0.3 is 20.6 Å². The first kappa shape index (κ1) is 26.9. The molecule has 2 atom stereocenters. The van der Waals surface area contributed by atoms with E-state index in [-0.39, 0.29) is 30.2 Å². The molecule has 3 aliphatic heterocycles. The number of piperidine rings is 1. The number of rotatable bonds is 6. The van der Waals surface area contributed by atoms with Crippen molar-refractivity contribution in [3.63, 3.8) is 0 Å². The topological polar surface area (TPSA) is 111 Å². The average Bonchev–Trinajstić information content (AvgIpc) is 2.88. The van der Waals surface area contributed by atoms with E-state index in [4.69, 9.17) is 0 Å². The largest absolute Gasteiger partial charge is 0.417 e. The minimum atomic E-state index is -4.49. The highest BCUT2D eigenvalue weighted by atomic mass is 32.2. The van der Waals surface area contributed by atoms with Gasteiger partial charge in [-0.15, -0.1) is 0 Å².